The Kier molecular flexibility index (Phi) is 4.99. The van der Waals surface area contributed by atoms with E-state index in [1.54, 1.807) is 27.0 Å². The SMILES string of the molecule is Cc1cc(=O)[nH]c(C(C)(C)NC(=O)c2cnc(CC(C)C)s2)n1. The highest BCUT2D eigenvalue weighted by Gasteiger charge is 2.27. The van der Waals surface area contributed by atoms with Crippen molar-refractivity contribution < 1.29 is 4.79 Å². The van der Waals surface area contributed by atoms with Crippen LogP contribution in [0.5, 0.6) is 0 Å². The summed E-state index contributed by atoms with van der Waals surface area (Å²) in [7, 11) is 0. The summed E-state index contributed by atoms with van der Waals surface area (Å²) in [6, 6.07) is 1.42. The molecule has 0 aliphatic heterocycles. The van der Waals surface area contributed by atoms with Crippen LogP contribution in [0.2, 0.25) is 0 Å². The molecule has 1 amide bonds. The molecule has 0 radical (unpaired) electrons. The fourth-order valence-corrected chi connectivity index (χ4v) is 3.16. The molecule has 2 N–H and O–H groups in total. The van der Waals surface area contributed by atoms with Crippen LogP contribution in [-0.4, -0.2) is 20.9 Å². The minimum atomic E-state index is -0.787. The third kappa shape index (κ3) is 4.48. The number of carbonyl (C=O) groups excluding carboxylic acids is 1. The highest BCUT2D eigenvalue weighted by molar-refractivity contribution is 7.13. The Balaban J connectivity index is 2.17. The van der Waals surface area contributed by atoms with Gasteiger partial charge in [-0.3, -0.25) is 9.59 Å². The number of hydrogen-bond acceptors (Lipinski definition) is 5. The van der Waals surface area contributed by atoms with Gasteiger partial charge in [-0.1, -0.05) is 13.8 Å². The fourth-order valence-electron chi connectivity index (χ4n) is 2.14. The zero-order valence-corrected chi connectivity index (χ0v) is 14.9. The molecule has 2 heterocycles. The van der Waals surface area contributed by atoms with Crippen molar-refractivity contribution in [1.29, 1.82) is 0 Å². The molecule has 2 rings (SSSR count). The Morgan fingerprint density at radius 2 is 2.13 bits per heavy atom. The lowest BCUT2D eigenvalue weighted by Crippen LogP contribution is -2.43. The van der Waals surface area contributed by atoms with Gasteiger partial charge in [0.05, 0.1) is 16.7 Å². The second-order valence-electron chi connectivity index (χ2n) is 6.53. The van der Waals surface area contributed by atoms with Crippen LogP contribution < -0.4 is 10.9 Å². The van der Waals surface area contributed by atoms with Crippen molar-refractivity contribution >= 4 is 17.2 Å². The smallest absolute Gasteiger partial charge is 0.263 e. The highest BCUT2D eigenvalue weighted by Crippen LogP contribution is 2.20. The van der Waals surface area contributed by atoms with Gasteiger partial charge in [0.2, 0.25) is 0 Å². The predicted octanol–water partition coefficient (Wildman–Crippen LogP) is 2.40. The van der Waals surface area contributed by atoms with Crippen molar-refractivity contribution in [3.05, 3.63) is 44.0 Å². The first-order valence-corrected chi connectivity index (χ1v) is 8.34. The summed E-state index contributed by atoms with van der Waals surface area (Å²) in [5.41, 5.74) is -0.403. The lowest BCUT2D eigenvalue weighted by molar-refractivity contribution is 0.0912. The number of thiazole rings is 1. The van der Waals surface area contributed by atoms with Crippen molar-refractivity contribution in [3.8, 4) is 0 Å². The monoisotopic (exact) mass is 334 g/mol. The molecule has 23 heavy (non-hydrogen) atoms. The van der Waals surface area contributed by atoms with E-state index in [1.165, 1.54) is 17.4 Å². The van der Waals surface area contributed by atoms with Gasteiger partial charge in [-0.15, -0.1) is 11.3 Å². The largest absolute Gasteiger partial charge is 0.339 e. The second kappa shape index (κ2) is 6.62. The van der Waals surface area contributed by atoms with E-state index in [1.807, 2.05) is 0 Å². The average molecular weight is 334 g/mol. The Labute approximate surface area is 139 Å². The molecule has 124 valence electrons. The molecule has 0 fully saturated rings. The summed E-state index contributed by atoms with van der Waals surface area (Å²) in [6.45, 7) is 9.59. The van der Waals surface area contributed by atoms with Crippen LogP contribution in [0.15, 0.2) is 17.1 Å². The molecule has 7 heteroatoms. The van der Waals surface area contributed by atoms with Crippen molar-refractivity contribution in [1.82, 2.24) is 20.3 Å². The second-order valence-corrected chi connectivity index (χ2v) is 7.65. The maximum absolute atomic E-state index is 12.4. The van der Waals surface area contributed by atoms with Crippen LogP contribution in [0.3, 0.4) is 0 Å². The molecule has 0 saturated heterocycles. The number of nitrogens with one attached hydrogen (secondary N) is 2. The number of aromatic amines is 1. The van der Waals surface area contributed by atoms with Crippen molar-refractivity contribution in [2.45, 2.75) is 46.6 Å². The van der Waals surface area contributed by atoms with E-state index in [0.717, 1.165) is 11.4 Å². The molecule has 0 atom stereocenters. The van der Waals surface area contributed by atoms with Crippen molar-refractivity contribution in [3.63, 3.8) is 0 Å². The fraction of sp³-hybridized carbons (Fsp3) is 0.500. The zero-order valence-electron chi connectivity index (χ0n) is 14.1. The molecule has 6 nitrogen and oxygen atoms in total. The van der Waals surface area contributed by atoms with E-state index in [-0.39, 0.29) is 11.5 Å². The first-order chi connectivity index (χ1) is 10.7. The Morgan fingerprint density at radius 3 is 2.74 bits per heavy atom. The standard InChI is InChI=1S/C16H22N4O2S/c1-9(2)6-13-17-8-11(23-13)14(22)20-16(4,5)15-18-10(3)7-12(21)19-15/h7-9H,6H2,1-5H3,(H,20,22)(H,18,19,21). The molecule has 2 aromatic heterocycles. The van der Waals surface area contributed by atoms with E-state index in [9.17, 15) is 9.59 Å². The average Bonchev–Trinajstić information content (AvgIpc) is 2.84. The van der Waals surface area contributed by atoms with Gasteiger partial charge < -0.3 is 10.3 Å². The Bertz CT molecular complexity index is 761. The number of rotatable bonds is 5. The quantitative estimate of drug-likeness (QED) is 0.879. The molecule has 0 aromatic carbocycles. The molecule has 0 unspecified atom stereocenters. The van der Waals surface area contributed by atoms with Crippen LogP contribution in [0.4, 0.5) is 0 Å². The van der Waals surface area contributed by atoms with E-state index in [4.69, 9.17) is 0 Å². The third-order valence-corrected chi connectivity index (χ3v) is 4.27. The van der Waals surface area contributed by atoms with Crippen molar-refractivity contribution in [2.24, 2.45) is 5.92 Å². The first kappa shape index (κ1) is 17.3. The van der Waals surface area contributed by atoms with E-state index >= 15 is 0 Å². The van der Waals surface area contributed by atoms with Gasteiger partial charge >= 0.3 is 0 Å². The van der Waals surface area contributed by atoms with Gasteiger partial charge in [-0.05, 0) is 26.7 Å². The van der Waals surface area contributed by atoms with Crippen LogP contribution in [0, 0.1) is 12.8 Å². The van der Waals surface area contributed by atoms with E-state index < -0.39 is 5.54 Å². The first-order valence-electron chi connectivity index (χ1n) is 7.53. The van der Waals surface area contributed by atoms with Crippen LogP contribution >= 0.6 is 11.3 Å². The molecule has 0 spiro atoms. The lowest BCUT2D eigenvalue weighted by atomic mass is 10.0. The number of hydrogen-bond donors (Lipinski definition) is 2. The summed E-state index contributed by atoms with van der Waals surface area (Å²) < 4.78 is 0. The van der Waals surface area contributed by atoms with Gasteiger partial charge in [-0.25, -0.2) is 9.97 Å². The zero-order chi connectivity index (χ0) is 17.2. The number of aryl methyl sites for hydroxylation is 1. The molecule has 0 aliphatic carbocycles. The summed E-state index contributed by atoms with van der Waals surface area (Å²) in [5, 5.41) is 3.86. The van der Waals surface area contributed by atoms with Crippen LogP contribution in [0.25, 0.3) is 0 Å². The maximum atomic E-state index is 12.4. The topological polar surface area (TPSA) is 87.7 Å². The minimum absolute atomic E-state index is 0.216. The third-order valence-electron chi connectivity index (χ3n) is 3.25. The van der Waals surface area contributed by atoms with Gasteiger partial charge in [0, 0.05) is 18.2 Å². The number of amides is 1. The molecule has 2 aromatic rings. The van der Waals surface area contributed by atoms with E-state index in [2.05, 4.69) is 34.1 Å². The van der Waals surface area contributed by atoms with Gasteiger partial charge in [-0.2, -0.15) is 0 Å². The normalized spacial score (nSPS) is 11.7. The molecule has 0 saturated carbocycles. The Morgan fingerprint density at radius 1 is 1.43 bits per heavy atom. The van der Waals surface area contributed by atoms with Crippen LogP contribution in [-0.2, 0) is 12.0 Å². The predicted molar refractivity (Wildman–Crippen MR) is 90.7 cm³/mol. The lowest BCUT2D eigenvalue weighted by Gasteiger charge is -2.24. The summed E-state index contributed by atoms with van der Waals surface area (Å²) >= 11 is 1.40. The number of H-pyrrole nitrogens is 1. The number of nitrogens with zero attached hydrogens (tertiary/aromatic N) is 2. The molecule has 0 bridgehead atoms. The summed E-state index contributed by atoms with van der Waals surface area (Å²) in [4.78, 5) is 35.9. The van der Waals surface area contributed by atoms with Crippen molar-refractivity contribution in [2.75, 3.05) is 0 Å². The number of carbonyl (C=O) groups is 1. The van der Waals surface area contributed by atoms with Gasteiger partial charge in [0.1, 0.15) is 10.7 Å². The molecular weight excluding hydrogens is 312 g/mol. The minimum Gasteiger partial charge on any atom is -0.339 e. The number of aromatic nitrogens is 3. The van der Waals surface area contributed by atoms with Crippen LogP contribution in [0.1, 0.15) is 53.9 Å². The van der Waals surface area contributed by atoms with Gasteiger partial charge in [0.15, 0.2) is 0 Å². The Hall–Kier alpha value is -2.02. The van der Waals surface area contributed by atoms with Gasteiger partial charge in [0.25, 0.3) is 11.5 Å². The highest BCUT2D eigenvalue weighted by atomic mass is 32.1. The maximum Gasteiger partial charge on any atom is 0.263 e. The van der Waals surface area contributed by atoms with E-state index in [0.29, 0.717) is 22.3 Å². The summed E-state index contributed by atoms with van der Waals surface area (Å²) in [6.07, 6.45) is 2.45. The molecular formula is C16H22N4O2S. The molecule has 0 aliphatic rings. The summed E-state index contributed by atoms with van der Waals surface area (Å²) in [5.74, 6) is 0.713.